The third-order valence-corrected chi connectivity index (χ3v) is 7.29. The van der Waals surface area contributed by atoms with E-state index in [1.165, 1.54) is 4.31 Å². The van der Waals surface area contributed by atoms with Crippen LogP contribution in [-0.4, -0.2) is 57.1 Å². The zero-order valence-electron chi connectivity index (χ0n) is 23.6. The fourth-order valence-electron chi connectivity index (χ4n) is 4.23. The van der Waals surface area contributed by atoms with E-state index in [0.717, 1.165) is 17.4 Å². The van der Waals surface area contributed by atoms with Crippen molar-refractivity contribution >= 4 is 27.5 Å². The summed E-state index contributed by atoms with van der Waals surface area (Å²) in [7, 11) is -3.56. The molecule has 0 saturated carbocycles. The molecule has 0 aliphatic heterocycles. The number of hydrogen-bond acceptors (Lipinski definition) is 5. The van der Waals surface area contributed by atoms with E-state index in [0.29, 0.717) is 49.9 Å². The van der Waals surface area contributed by atoms with Gasteiger partial charge in [-0.15, -0.1) is 0 Å². The minimum Gasteiger partial charge on any atom is -0.494 e. The highest BCUT2D eigenvalue weighted by atomic mass is 32.2. The zero-order valence-corrected chi connectivity index (χ0v) is 24.4. The van der Waals surface area contributed by atoms with Crippen LogP contribution in [0.3, 0.4) is 0 Å². The van der Waals surface area contributed by atoms with Gasteiger partial charge >= 0.3 is 0 Å². The van der Waals surface area contributed by atoms with Crippen LogP contribution in [0.15, 0.2) is 48.5 Å². The molecular formula is C29H43N3O5S. The molecule has 0 spiro atoms. The lowest BCUT2D eigenvalue weighted by atomic mass is 10.1. The van der Waals surface area contributed by atoms with Gasteiger partial charge in [-0.1, -0.05) is 50.6 Å². The molecule has 8 nitrogen and oxygen atoms in total. The maximum Gasteiger partial charge on any atom is 0.242 e. The van der Waals surface area contributed by atoms with E-state index < -0.39 is 16.1 Å². The summed E-state index contributed by atoms with van der Waals surface area (Å²) in [5.74, 6) is 0.600. The molecule has 0 bridgehead atoms. The number of nitrogens with zero attached hydrogens (tertiary/aromatic N) is 2. The molecule has 0 aromatic heterocycles. The molecule has 0 radical (unpaired) electrons. The highest BCUT2D eigenvalue weighted by molar-refractivity contribution is 7.92. The molecule has 2 rings (SSSR count). The van der Waals surface area contributed by atoms with Gasteiger partial charge in [0.2, 0.25) is 21.8 Å². The summed E-state index contributed by atoms with van der Waals surface area (Å²) in [6, 6.07) is 14.1. The molecule has 1 N–H and O–H groups in total. The number of carbonyl (C=O) groups is 2. The number of aryl methyl sites for hydroxylation is 1. The van der Waals surface area contributed by atoms with Crippen LogP contribution in [0.1, 0.15) is 58.1 Å². The van der Waals surface area contributed by atoms with Gasteiger partial charge in [-0.2, -0.15) is 0 Å². The minimum absolute atomic E-state index is 0.114. The van der Waals surface area contributed by atoms with Gasteiger partial charge in [0, 0.05) is 26.1 Å². The van der Waals surface area contributed by atoms with Crippen LogP contribution in [0, 0.1) is 12.8 Å². The smallest absolute Gasteiger partial charge is 0.242 e. The van der Waals surface area contributed by atoms with Crippen molar-refractivity contribution in [1.29, 1.82) is 0 Å². The number of carbonyl (C=O) groups excluding carboxylic acids is 2. The molecule has 0 saturated heterocycles. The van der Waals surface area contributed by atoms with Gasteiger partial charge in [0.05, 0.1) is 18.6 Å². The summed E-state index contributed by atoms with van der Waals surface area (Å²) in [4.78, 5) is 28.2. The first-order valence-electron chi connectivity index (χ1n) is 13.3. The van der Waals surface area contributed by atoms with E-state index in [1.54, 1.807) is 29.2 Å². The van der Waals surface area contributed by atoms with Gasteiger partial charge < -0.3 is 15.0 Å². The molecule has 0 aliphatic carbocycles. The van der Waals surface area contributed by atoms with Gasteiger partial charge in [0.25, 0.3) is 0 Å². The Morgan fingerprint density at radius 3 is 2.29 bits per heavy atom. The maximum atomic E-state index is 13.5. The van der Waals surface area contributed by atoms with Crippen LogP contribution in [-0.2, 0) is 26.2 Å². The van der Waals surface area contributed by atoms with Gasteiger partial charge in [-0.05, 0) is 62.4 Å². The highest BCUT2D eigenvalue weighted by Crippen LogP contribution is 2.23. The molecular weight excluding hydrogens is 502 g/mol. The molecule has 2 aromatic rings. The van der Waals surface area contributed by atoms with Crippen LogP contribution < -0.4 is 14.4 Å². The van der Waals surface area contributed by atoms with Gasteiger partial charge in [0.15, 0.2) is 0 Å². The molecule has 1 atom stereocenters. The van der Waals surface area contributed by atoms with E-state index in [2.05, 4.69) is 5.32 Å². The lowest BCUT2D eigenvalue weighted by Crippen LogP contribution is -2.49. The third-order valence-electron chi connectivity index (χ3n) is 6.09. The number of hydrogen-bond donors (Lipinski definition) is 1. The summed E-state index contributed by atoms with van der Waals surface area (Å²) in [6.07, 6.45) is 2.06. The topological polar surface area (TPSA) is 96.0 Å². The minimum atomic E-state index is -3.56. The Morgan fingerprint density at radius 2 is 1.74 bits per heavy atom. The standard InChI is InChI=1S/C29H43N3O5S/c1-7-27(29(34)30-20-22(3)4)31(21-24-12-9-11-23(5)19-24)28(33)13-10-18-32(38(6,35)36)25-14-16-26(17-15-25)37-8-2/h9,11-12,14-17,19,22,27H,7-8,10,13,18,20-21H2,1-6H3,(H,30,34)/t27-/m0/s1. The third kappa shape index (κ3) is 9.67. The number of anilines is 1. The predicted octanol–water partition coefficient (Wildman–Crippen LogP) is 4.52. The first-order valence-corrected chi connectivity index (χ1v) is 15.1. The Bertz CT molecular complexity index is 1150. The lowest BCUT2D eigenvalue weighted by molar-refractivity contribution is -0.141. The van der Waals surface area contributed by atoms with Gasteiger partial charge in [-0.25, -0.2) is 8.42 Å². The maximum absolute atomic E-state index is 13.5. The zero-order chi connectivity index (χ0) is 28.3. The quantitative estimate of drug-likeness (QED) is 0.355. The van der Waals surface area contributed by atoms with Crippen LogP contribution in [0.25, 0.3) is 0 Å². The molecule has 0 unspecified atom stereocenters. The highest BCUT2D eigenvalue weighted by Gasteiger charge is 2.29. The van der Waals surface area contributed by atoms with E-state index in [9.17, 15) is 18.0 Å². The van der Waals surface area contributed by atoms with Crippen molar-refractivity contribution in [1.82, 2.24) is 10.2 Å². The Kier molecular flexibility index (Phi) is 12.1. The van der Waals surface area contributed by atoms with Crippen molar-refractivity contribution in [2.24, 2.45) is 5.92 Å². The summed E-state index contributed by atoms with van der Waals surface area (Å²) in [5, 5.41) is 2.96. The summed E-state index contributed by atoms with van der Waals surface area (Å²) in [6.45, 7) is 11.3. The molecule has 0 aliphatic rings. The van der Waals surface area contributed by atoms with Gasteiger partial charge in [-0.3, -0.25) is 13.9 Å². The van der Waals surface area contributed by atoms with E-state index >= 15 is 0 Å². The van der Waals surface area contributed by atoms with Crippen LogP contribution in [0.5, 0.6) is 5.75 Å². The number of rotatable bonds is 15. The van der Waals surface area contributed by atoms with Crippen molar-refractivity contribution in [2.45, 2.75) is 66.5 Å². The lowest BCUT2D eigenvalue weighted by Gasteiger charge is -2.31. The summed E-state index contributed by atoms with van der Waals surface area (Å²) < 4.78 is 31.8. The van der Waals surface area contributed by atoms with E-state index in [1.807, 2.05) is 58.9 Å². The predicted molar refractivity (Wildman–Crippen MR) is 153 cm³/mol. The monoisotopic (exact) mass is 545 g/mol. The second-order valence-corrected chi connectivity index (χ2v) is 11.8. The first-order chi connectivity index (χ1) is 18.0. The number of nitrogens with one attached hydrogen (secondary N) is 1. The largest absolute Gasteiger partial charge is 0.494 e. The number of sulfonamides is 1. The second-order valence-electron chi connectivity index (χ2n) is 9.94. The van der Waals surface area contributed by atoms with Crippen LogP contribution >= 0.6 is 0 Å². The number of amides is 2. The van der Waals surface area contributed by atoms with Crippen LogP contribution in [0.2, 0.25) is 0 Å². The average molecular weight is 546 g/mol. The van der Waals surface area contributed by atoms with Crippen molar-refractivity contribution < 1.29 is 22.7 Å². The molecule has 210 valence electrons. The Balaban J connectivity index is 2.20. The second kappa shape index (κ2) is 14.8. The van der Waals surface area contributed by atoms with Crippen molar-refractivity contribution in [3.05, 3.63) is 59.7 Å². The molecule has 38 heavy (non-hydrogen) atoms. The Labute approximate surface area is 228 Å². The SMILES string of the molecule is CCOc1ccc(N(CCCC(=O)N(Cc2cccc(C)c2)[C@@H](CC)C(=O)NCC(C)C)S(C)(=O)=O)cc1. The van der Waals surface area contributed by atoms with Crippen molar-refractivity contribution in [3.8, 4) is 5.75 Å². The molecule has 2 amide bonds. The van der Waals surface area contributed by atoms with Gasteiger partial charge in [0.1, 0.15) is 11.8 Å². The van der Waals surface area contributed by atoms with E-state index in [4.69, 9.17) is 4.74 Å². The molecule has 0 heterocycles. The fourth-order valence-corrected chi connectivity index (χ4v) is 5.19. The van der Waals surface area contributed by atoms with E-state index in [-0.39, 0.29) is 24.8 Å². The number of ether oxygens (including phenoxy) is 1. The Hall–Kier alpha value is -3.07. The normalized spacial score (nSPS) is 12.2. The molecule has 0 fully saturated rings. The first kappa shape index (κ1) is 31.1. The molecule has 2 aromatic carbocycles. The average Bonchev–Trinajstić information content (AvgIpc) is 2.85. The molecule has 9 heteroatoms. The summed E-state index contributed by atoms with van der Waals surface area (Å²) in [5.41, 5.74) is 2.53. The van der Waals surface area contributed by atoms with Crippen molar-refractivity contribution in [3.63, 3.8) is 0 Å². The van der Waals surface area contributed by atoms with Crippen LogP contribution in [0.4, 0.5) is 5.69 Å². The fraction of sp³-hybridized carbons (Fsp3) is 0.517. The van der Waals surface area contributed by atoms with Crippen molar-refractivity contribution in [2.75, 3.05) is 30.3 Å². The summed E-state index contributed by atoms with van der Waals surface area (Å²) >= 11 is 0. The Morgan fingerprint density at radius 1 is 1.05 bits per heavy atom. The number of benzene rings is 2.